The maximum atomic E-state index is 13.7. The molecule has 2 rings (SSSR count). The Morgan fingerprint density at radius 3 is 2.80 bits per heavy atom. The molecule has 0 amide bonds. The predicted molar refractivity (Wildman–Crippen MR) is 78.3 cm³/mol. The van der Waals surface area contributed by atoms with Gasteiger partial charge in [-0.3, -0.25) is 0 Å². The van der Waals surface area contributed by atoms with Crippen LogP contribution < -0.4 is 4.74 Å². The van der Waals surface area contributed by atoms with Crippen molar-refractivity contribution in [3.63, 3.8) is 0 Å². The summed E-state index contributed by atoms with van der Waals surface area (Å²) in [6, 6.07) is 4.89. The maximum Gasteiger partial charge on any atom is 0.165 e. The standard InChI is InChI=1S/C17H23FO2/c1-11-6-12(2)8-14(7-11)16(19)10-13-4-5-17(20-3)15(18)9-13/h4-6,9,11,14,16,19H,7-8,10H2,1-3H3. The van der Waals surface area contributed by atoms with E-state index in [-0.39, 0.29) is 17.5 Å². The molecule has 0 saturated heterocycles. The normalized spacial score (nSPS) is 24.1. The lowest BCUT2D eigenvalue weighted by Gasteiger charge is -2.29. The van der Waals surface area contributed by atoms with Gasteiger partial charge < -0.3 is 9.84 Å². The fraction of sp³-hybridized carbons (Fsp3) is 0.529. The van der Waals surface area contributed by atoms with Crippen LogP contribution in [0.4, 0.5) is 4.39 Å². The Hall–Kier alpha value is -1.35. The molecule has 0 saturated carbocycles. The Kier molecular flexibility index (Phi) is 4.81. The van der Waals surface area contributed by atoms with Gasteiger partial charge >= 0.3 is 0 Å². The Labute approximate surface area is 120 Å². The second-order valence-electron chi connectivity index (χ2n) is 5.93. The summed E-state index contributed by atoms with van der Waals surface area (Å²) in [4.78, 5) is 0. The average molecular weight is 278 g/mol. The van der Waals surface area contributed by atoms with Crippen LogP contribution in [0.3, 0.4) is 0 Å². The van der Waals surface area contributed by atoms with Crippen LogP contribution in [0, 0.1) is 17.7 Å². The molecular weight excluding hydrogens is 255 g/mol. The molecule has 0 bridgehead atoms. The Morgan fingerprint density at radius 2 is 2.20 bits per heavy atom. The molecule has 0 spiro atoms. The van der Waals surface area contributed by atoms with Gasteiger partial charge in [-0.2, -0.15) is 0 Å². The molecule has 1 aliphatic carbocycles. The van der Waals surface area contributed by atoms with Crippen LogP contribution in [0.15, 0.2) is 29.8 Å². The lowest BCUT2D eigenvalue weighted by atomic mass is 9.79. The first-order valence-corrected chi connectivity index (χ1v) is 7.17. The Morgan fingerprint density at radius 1 is 1.45 bits per heavy atom. The fourth-order valence-electron chi connectivity index (χ4n) is 3.13. The van der Waals surface area contributed by atoms with Crippen LogP contribution in [0.25, 0.3) is 0 Å². The van der Waals surface area contributed by atoms with Crippen LogP contribution in [0.5, 0.6) is 5.75 Å². The van der Waals surface area contributed by atoms with Gasteiger partial charge in [0.1, 0.15) is 0 Å². The van der Waals surface area contributed by atoms with Crippen LogP contribution in [0.2, 0.25) is 0 Å². The smallest absolute Gasteiger partial charge is 0.165 e. The number of aliphatic hydroxyl groups excluding tert-OH is 1. The first-order chi connectivity index (χ1) is 9.49. The quantitative estimate of drug-likeness (QED) is 0.850. The second kappa shape index (κ2) is 6.40. The van der Waals surface area contributed by atoms with Gasteiger partial charge in [-0.05, 0) is 55.7 Å². The van der Waals surface area contributed by atoms with Crippen molar-refractivity contribution in [1.29, 1.82) is 0 Å². The number of hydrogen-bond donors (Lipinski definition) is 1. The zero-order valence-electron chi connectivity index (χ0n) is 12.4. The molecule has 20 heavy (non-hydrogen) atoms. The molecule has 2 nitrogen and oxygen atoms in total. The number of hydrogen-bond acceptors (Lipinski definition) is 2. The Bertz CT molecular complexity index is 496. The molecule has 1 aromatic rings. The number of benzene rings is 1. The van der Waals surface area contributed by atoms with E-state index in [1.165, 1.54) is 18.7 Å². The van der Waals surface area contributed by atoms with Gasteiger partial charge in [0.15, 0.2) is 11.6 Å². The molecule has 110 valence electrons. The summed E-state index contributed by atoms with van der Waals surface area (Å²) in [5, 5.41) is 10.4. The number of ether oxygens (including phenoxy) is 1. The molecule has 3 unspecified atom stereocenters. The highest BCUT2D eigenvalue weighted by Gasteiger charge is 2.25. The minimum Gasteiger partial charge on any atom is -0.494 e. The molecule has 0 aromatic heterocycles. The minimum absolute atomic E-state index is 0.244. The van der Waals surface area contributed by atoms with E-state index in [2.05, 4.69) is 19.9 Å². The lowest BCUT2D eigenvalue weighted by Crippen LogP contribution is -2.27. The van der Waals surface area contributed by atoms with E-state index in [0.717, 1.165) is 18.4 Å². The van der Waals surface area contributed by atoms with Gasteiger partial charge in [0.05, 0.1) is 13.2 Å². The van der Waals surface area contributed by atoms with Crippen LogP contribution in [0.1, 0.15) is 32.3 Å². The number of halogens is 1. The molecule has 1 aliphatic rings. The first kappa shape index (κ1) is 15.0. The summed E-state index contributed by atoms with van der Waals surface area (Å²) >= 11 is 0. The first-order valence-electron chi connectivity index (χ1n) is 7.17. The number of allylic oxidation sites excluding steroid dienone is 2. The maximum absolute atomic E-state index is 13.7. The highest BCUT2D eigenvalue weighted by Crippen LogP contribution is 2.31. The number of rotatable bonds is 4. The van der Waals surface area contributed by atoms with Gasteiger partial charge in [0.2, 0.25) is 0 Å². The van der Waals surface area contributed by atoms with Crippen LogP contribution in [-0.2, 0) is 6.42 Å². The zero-order valence-corrected chi connectivity index (χ0v) is 12.4. The average Bonchev–Trinajstić information content (AvgIpc) is 2.37. The van der Waals surface area contributed by atoms with Crippen molar-refractivity contribution >= 4 is 0 Å². The highest BCUT2D eigenvalue weighted by molar-refractivity contribution is 5.29. The summed E-state index contributed by atoms with van der Waals surface area (Å²) in [6.45, 7) is 4.29. The summed E-state index contributed by atoms with van der Waals surface area (Å²) < 4.78 is 18.6. The van der Waals surface area contributed by atoms with Gasteiger partial charge in [0, 0.05) is 0 Å². The van der Waals surface area contributed by atoms with Gasteiger partial charge in [-0.1, -0.05) is 24.6 Å². The number of methoxy groups -OCH3 is 1. The summed E-state index contributed by atoms with van der Waals surface area (Å²) in [6.07, 6.45) is 4.28. The minimum atomic E-state index is -0.422. The van der Waals surface area contributed by atoms with Crippen LogP contribution >= 0.6 is 0 Å². The van der Waals surface area contributed by atoms with Crippen molar-refractivity contribution in [3.05, 3.63) is 41.2 Å². The molecule has 1 N–H and O–H groups in total. The van der Waals surface area contributed by atoms with Crippen molar-refractivity contribution in [1.82, 2.24) is 0 Å². The van der Waals surface area contributed by atoms with Gasteiger partial charge in [0.25, 0.3) is 0 Å². The molecule has 3 heteroatoms. The molecule has 1 aromatic carbocycles. The third kappa shape index (κ3) is 3.60. The largest absolute Gasteiger partial charge is 0.494 e. The summed E-state index contributed by atoms with van der Waals surface area (Å²) in [5.41, 5.74) is 2.16. The Balaban J connectivity index is 2.03. The van der Waals surface area contributed by atoms with Gasteiger partial charge in [-0.25, -0.2) is 4.39 Å². The van der Waals surface area contributed by atoms with Crippen molar-refractivity contribution in [2.75, 3.05) is 7.11 Å². The van der Waals surface area contributed by atoms with E-state index in [9.17, 15) is 9.50 Å². The topological polar surface area (TPSA) is 29.5 Å². The van der Waals surface area contributed by atoms with Crippen molar-refractivity contribution in [2.45, 2.75) is 39.2 Å². The van der Waals surface area contributed by atoms with E-state index in [1.54, 1.807) is 6.07 Å². The highest BCUT2D eigenvalue weighted by atomic mass is 19.1. The van der Waals surface area contributed by atoms with Crippen molar-refractivity contribution in [2.24, 2.45) is 11.8 Å². The van der Waals surface area contributed by atoms with E-state index in [4.69, 9.17) is 4.74 Å². The fourth-order valence-corrected chi connectivity index (χ4v) is 3.13. The molecular formula is C17H23FO2. The summed E-state index contributed by atoms with van der Waals surface area (Å²) in [7, 11) is 1.45. The molecule has 0 heterocycles. The van der Waals surface area contributed by atoms with E-state index in [0.29, 0.717) is 12.3 Å². The molecule has 0 radical (unpaired) electrons. The molecule has 0 aliphatic heterocycles. The second-order valence-corrected chi connectivity index (χ2v) is 5.93. The summed E-state index contributed by atoms with van der Waals surface area (Å²) in [5.74, 6) is 0.648. The van der Waals surface area contributed by atoms with Gasteiger partial charge in [-0.15, -0.1) is 0 Å². The third-order valence-corrected chi connectivity index (χ3v) is 4.03. The molecule has 0 fully saturated rings. The SMILES string of the molecule is COc1ccc(CC(O)C2CC(C)=CC(C)C2)cc1F. The van der Waals surface area contributed by atoms with Crippen molar-refractivity contribution in [3.8, 4) is 5.75 Å². The predicted octanol–water partition coefficient (Wildman–Crippen LogP) is 3.73. The third-order valence-electron chi connectivity index (χ3n) is 4.03. The van der Waals surface area contributed by atoms with E-state index < -0.39 is 6.10 Å². The van der Waals surface area contributed by atoms with E-state index in [1.807, 2.05) is 6.07 Å². The van der Waals surface area contributed by atoms with Crippen LogP contribution in [-0.4, -0.2) is 18.3 Å². The lowest BCUT2D eigenvalue weighted by molar-refractivity contribution is 0.0931. The van der Waals surface area contributed by atoms with Crippen molar-refractivity contribution < 1.29 is 14.2 Å². The zero-order chi connectivity index (χ0) is 14.7. The molecule has 3 atom stereocenters. The number of aliphatic hydroxyl groups is 1. The monoisotopic (exact) mass is 278 g/mol. The van der Waals surface area contributed by atoms with E-state index >= 15 is 0 Å².